The van der Waals surface area contributed by atoms with Crippen LogP contribution in [0.15, 0.2) is 36.4 Å². The predicted octanol–water partition coefficient (Wildman–Crippen LogP) is 2.82. The van der Waals surface area contributed by atoms with E-state index < -0.39 is 0 Å². The molecule has 5 heteroatoms. The number of para-hydroxylation sites is 1. The van der Waals surface area contributed by atoms with Gasteiger partial charge in [0.25, 0.3) is 5.91 Å². The first-order valence-electron chi connectivity index (χ1n) is 8.82. The van der Waals surface area contributed by atoms with Crippen molar-refractivity contribution >= 4 is 5.91 Å². The summed E-state index contributed by atoms with van der Waals surface area (Å²) in [5, 5.41) is 7.58. The Balaban J connectivity index is 1.73. The van der Waals surface area contributed by atoms with Gasteiger partial charge in [-0.2, -0.15) is 5.10 Å². The lowest BCUT2D eigenvalue weighted by molar-refractivity contribution is 0.0910. The number of rotatable bonds is 5. The van der Waals surface area contributed by atoms with Crippen LogP contribution in [0, 0.1) is 12.8 Å². The van der Waals surface area contributed by atoms with E-state index in [0.717, 1.165) is 24.2 Å². The van der Waals surface area contributed by atoms with Crippen LogP contribution in [-0.2, 0) is 0 Å². The van der Waals surface area contributed by atoms with Crippen molar-refractivity contribution in [3.05, 3.63) is 47.8 Å². The zero-order chi connectivity index (χ0) is 16.9. The lowest BCUT2D eigenvalue weighted by Crippen LogP contribution is -2.46. The number of benzene rings is 1. The minimum absolute atomic E-state index is 0.0416. The standard InChI is InChI=1S/C19H26N4O/c1-14-12-17(22-23(14)16-10-6-3-7-11-16)19(24)21-18(13-20)15-8-4-2-5-9-15/h3,6-7,10-12,15,18H,2,4-5,8-9,13,20H2,1H3,(H,21,24). The third kappa shape index (κ3) is 3.67. The molecule has 1 aromatic heterocycles. The summed E-state index contributed by atoms with van der Waals surface area (Å²) in [5.74, 6) is 0.360. The molecule has 0 spiro atoms. The molecular formula is C19H26N4O. The largest absolute Gasteiger partial charge is 0.346 e. The summed E-state index contributed by atoms with van der Waals surface area (Å²) in [6, 6.07) is 11.7. The highest BCUT2D eigenvalue weighted by Crippen LogP contribution is 2.26. The Kier molecular flexibility index (Phi) is 5.30. The topological polar surface area (TPSA) is 72.9 Å². The van der Waals surface area contributed by atoms with Gasteiger partial charge in [-0.1, -0.05) is 37.5 Å². The van der Waals surface area contributed by atoms with E-state index in [1.165, 1.54) is 19.3 Å². The summed E-state index contributed by atoms with van der Waals surface area (Å²) in [6.45, 7) is 2.44. The predicted molar refractivity (Wildman–Crippen MR) is 95.2 cm³/mol. The van der Waals surface area contributed by atoms with E-state index in [4.69, 9.17) is 5.73 Å². The molecule has 0 bridgehead atoms. The molecule has 1 saturated carbocycles. The molecule has 3 rings (SSSR count). The Morgan fingerprint density at radius 3 is 2.67 bits per heavy atom. The first-order valence-corrected chi connectivity index (χ1v) is 8.82. The third-order valence-electron chi connectivity index (χ3n) is 4.91. The second-order valence-electron chi connectivity index (χ2n) is 6.63. The Bertz CT molecular complexity index is 674. The first kappa shape index (κ1) is 16.7. The SMILES string of the molecule is Cc1cc(C(=O)NC(CN)C2CCCCC2)nn1-c1ccccc1. The Hall–Kier alpha value is -2.14. The summed E-state index contributed by atoms with van der Waals surface area (Å²) < 4.78 is 1.80. The van der Waals surface area contributed by atoms with Crippen LogP contribution < -0.4 is 11.1 Å². The molecule has 1 fully saturated rings. The number of nitrogens with two attached hydrogens (primary N) is 1. The molecule has 0 radical (unpaired) electrons. The molecule has 1 aliphatic rings. The highest BCUT2D eigenvalue weighted by molar-refractivity contribution is 5.92. The normalized spacial score (nSPS) is 16.8. The molecule has 1 aromatic carbocycles. The van der Waals surface area contributed by atoms with E-state index in [1.54, 1.807) is 4.68 Å². The number of hydrogen-bond acceptors (Lipinski definition) is 3. The van der Waals surface area contributed by atoms with Gasteiger partial charge < -0.3 is 11.1 Å². The maximum atomic E-state index is 12.6. The molecule has 1 heterocycles. The molecule has 1 amide bonds. The van der Waals surface area contributed by atoms with Crippen LogP contribution in [0.5, 0.6) is 0 Å². The molecule has 5 nitrogen and oxygen atoms in total. The average Bonchev–Trinajstić information content (AvgIpc) is 3.03. The number of aromatic nitrogens is 2. The van der Waals surface area contributed by atoms with E-state index in [2.05, 4.69) is 10.4 Å². The Morgan fingerprint density at radius 2 is 2.00 bits per heavy atom. The number of carbonyl (C=O) groups excluding carboxylic acids is 1. The molecular weight excluding hydrogens is 300 g/mol. The summed E-state index contributed by atoms with van der Waals surface area (Å²) in [7, 11) is 0. The third-order valence-corrected chi connectivity index (χ3v) is 4.91. The number of aryl methyl sites for hydroxylation is 1. The summed E-state index contributed by atoms with van der Waals surface area (Å²) >= 11 is 0. The van der Waals surface area contributed by atoms with Crippen molar-refractivity contribution in [1.82, 2.24) is 15.1 Å². The van der Waals surface area contributed by atoms with Crippen molar-refractivity contribution in [3.63, 3.8) is 0 Å². The van der Waals surface area contributed by atoms with Gasteiger partial charge in [-0.15, -0.1) is 0 Å². The summed E-state index contributed by atoms with van der Waals surface area (Å²) in [4.78, 5) is 12.6. The molecule has 1 unspecified atom stereocenters. The molecule has 0 aliphatic heterocycles. The van der Waals surface area contributed by atoms with Crippen LogP contribution in [0.3, 0.4) is 0 Å². The highest BCUT2D eigenvalue weighted by atomic mass is 16.2. The number of nitrogens with zero attached hydrogens (tertiary/aromatic N) is 2. The lowest BCUT2D eigenvalue weighted by atomic mass is 9.84. The first-order chi connectivity index (χ1) is 11.7. The number of carbonyl (C=O) groups is 1. The number of hydrogen-bond donors (Lipinski definition) is 2. The fourth-order valence-corrected chi connectivity index (χ4v) is 3.56. The van der Waals surface area contributed by atoms with Gasteiger partial charge >= 0.3 is 0 Å². The van der Waals surface area contributed by atoms with Gasteiger partial charge in [0, 0.05) is 18.3 Å². The monoisotopic (exact) mass is 326 g/mol. The van der Waals surface area contributed by atoms with Crippen LogP contribution >= 0.6 is 0 Å². The summed E-state index contributed by atoms with van der Waals surface area (Å²) in [5.41, 5.74) is 8.26. The second-order valence-corrected chi connectivity index (χ2v) is 6.63. The van der Waals surface area contributed by atoms with E-state index in [-0.39, 0.29) is 11.9 Å². The van der Waals surface area contributed by atoms with Crippen LogP contribution in [-0.4, -0.2) is 28.3 Å². The van der Waals surface area contributed by atoms with Gasteiger partial charge in [0.2, 0.25) is 0 Å². The van der Waals surface area contributed by atoms with Gasteiger partial charge in [-0.25, -0.2) is 4.68 Å². The fourth-order valence-electron chi connectivity index (χ4n) is 3.56. The smallest absolute Gasteiger partial charge is 0.272 e. The average molecular weight is 326 g/mol. The second kappa shape index (κ2) is 7.62. The van der Waals surface area contributed by atoms with E-state index >= 15 is 0 Å². The maximum absolute atomic E-state index is 12.6. The maximum Gasteiger partial charge on any atom is 0.272 e. The molecule has 128 valence electrons. The van der Waals surface area contributed by atoms with Gasteiger partial charge in [0.15, 0.2) is 5.69 Å². The Labute approximate surface area is 143 Å². The Morgan fingerprint density at radius 1 is 1.29 bits per heavy atom. The quantitative estimate of drug-likeness (QED) is 0.887. The number of amides is 1. The molecule has 24 heavy (non-hydrogen) atoms. The van der Waals surface area contributed by atoms with Crippen molar-refractivity contribution in [2.45, 2.75) is 45.1 Å². The van der Waals surface area contributed by atoms with Crippen LogP contribution in [0.1, 0.15) is 48.3 Å². The zero-order valence-electron chi connectivity index (χ0n) is 14.2. The minimum atomic E-state index is -0.131. The zero-order valence-corrected chi connectivity index (χ0v) is 14.2. The van der Waals surface area contributed by atoms with E-state index in [1.807, 2.05) is 43.3 Å². The molecule has 2 aromatic rings. The molecule has 1 atom stereocenters. The van der Waals surface area contributed by atoms with Crippen molar-refractivity contribution < 1.29 is 4.79 Å². The van der Waals surface area contributed by atoms with Crippen LogP contribution in [0.4, 0.5) is 0 Å². The van der Waals surface area contributed by atoms with Crippen molar-refractivity contribution in [2.75, 3.05) is 6.54 Å². The molecule has 3 N–H and O–H groups in total. The van der Waals surface area contributed by atoms with Gasteiger partial charge in [0.1, 0.15) is 0 Å². The van der Waals surface area contributed by atoms with E-state index in [0.29, 0.717) is 18.2 Å². The van der Waals surface area contributed by atoms with Gasteiger partial charge in [0.05, 0.1) is 5.69 Å². The number of nitrogens with one attached hydrogen (secondary N) is 1. The van der Waals surface area contributed by atoms with Gasteiger partial charge in [-0.05, 0) is 43.9 Å². The van der Waals surface area contributed by atoms with Crippen molar-refractivity contribution in [2.24, 2.45) is 11.7 Å². The van der Waals surface area contributed by atoms with Crippen molar-refractivity contribution in [3.8, 4) is 5.69 Å². The minimum Gasteiger partial charge on any atom is -0.346 e. The van der Waals surface area contributed by atoms with Crippen LogP contribution in [0.2, 0.25) is 0 Å². The van der Waals surface area contributed by atoms with Crippen molar-refractivity contribution in [1.29, 1.82) is 0 Å². The molecule has 1 aliphatic carbocycles. The highest BCUT2D eigenvalue weighted by Gasteiger charge is 2.25. The van der Waals surface area contributed by atoms with Crippen LogP contribution in [0.25, 0.3) is 5.69 Å². The molecule has 0 saturated heterocycles. The fraction of sp³-hybridized carbons (Fsp3) is 0.474. The van der Waals surface area contributed by atoms with Gasteiger partial charge in [-0.3, -0.25) is 4.79 Å². The van der Waals surface area contributed by atoms with E-state index in [9.17, 15) is 4.79 Å². The lowest BCUT2D eigenvalue weighted by Gasteiger charge is -2.29. The summed E-state index contributed by atoms with van der Waals surface area (Å²) in [6.07, 6.45) is 6.07.